The summed E-state index contributed by atoms with van der Waals surface area (Å²) < 4.78 is 0. The predicted octanol–water partition coefficient (Wildman–Crippen LogP) is 3.10. The SMILES string of the molecule is Cc1cc(C)c(CNCCBr)c(C)c1. The van der Waals surface area contributed by atoms with Gasteiger partial charge in [-0.25, -0.2) is 0 Å². The summed E-state index contributed by atoms with van der Waals surface area (Å²) in [5.74, 6) is 0. The molecule has 1 nitrogen and oxygen atoms in total. The molecule has 0 saturated carbocycles. The third-order valence-corrected chi connectivity index (χ3v) is 2.81. The Morgan fingerprint density at radius 3 is 2.21 bits per heavy atom. The number of rotatable bonds is 4. The number of nitrogens with one attached hydrogen (secondary N) is 1. The molecule has 1 rings (SSSR count). The third-order valence-electron chi connectivity index (χ3n) is 2.41. The second kappa shape index (κ2) is 5.52. The Labute approximate surface area is 95.0 Å². The molecule has 0 spiro atoms. The maximum Gasteiger partial charge on any atom is 0.0211 e. The number of aryl methyl sites for hydroxylation is 3. The van der Waals surface area contributed by atoms with Gasteiger partial charge in [-0.2, -0.15) is 0 Å². The summed E-state index contributed by atoms with van der Waals surface area (Å²) in [5, 5.41) is 4.42. The van der Waals surface area contributed by atoms with Gasteiger partial charge in [-0.15, -0.1) is 0 Å². The molecule has 78 valence electrons. The van der Waals surface area contributed by atoms with Crippen LogP contribution in [0.25, 0.3) is 0 Å². The first-order valence-corrected chi connectivity index (χ1v) is 6.10. The molecule has 0 heterocycles. The fraction of sp³-hybridized carbons (Fsp3) is 0.500. The smallest absolute Gasteiger partial charge is 0.0211 e. The Hall–Kier alpha value is -0.340. The van der Waals surface area contributed by atoms with Crippen molar-refractivity contribution in [1.29, 1.82) is 0 Å². The van der Waals surface area contributed by atoms with Gasteiger partial charge in [0.1, 0.15) is 0 Å². The van der Waals surface area contributed by atoms with E-state index in [1.807, 2.05) is 0 Å². The van der Waals surface area contributed by atoms with Gasteiger partial charge in [-0.1, -0.05) is 33.6 Å². The maximum absolute atomic E-state index is 3.41. The molecule has 0 aromatic heterocycles. The van der Waals surface area contributed by atoms with E-state index < -0.39 is 0 Å². The monoisotopic (exact) mass is 255 g/mol. The van der Waals surface area contributed by atoms with Crippen molar-refractivity contribution in [3.8, 4) is 0 Å². The molecule has 1 aromatic carbocycles. The van der Waals surface area contributed by atoms with E-state index in [2.05, 4.69) is 54.2 Å². The zero-order valence-corrected chi connectivity index (χ0v) is 10.7. The molecule has 0 bridgehead atoms. The van der Waals surface area contributed by atoms with Gasteiger partial charge < -0.3 is 5.32 Å². The minimum atomic E-state index is 0.976. The van der Waals surface area contributed by atoms with Crippen molar-refractivity contribution in [3.05, 3.63) is 34.4 Å². The molecular formula is C12H18BrN. The highest BCUT2D eigenvalue weighted by molar-refractivity contribution is 9.09. The first kappa shape index (κ1) is 11.7. The standard InChI is InChI=1S/C12H18BrN/c1-9-6-10(2)12(11(3)7-9)8-14-5-4-13/h6-7,14H,4-5,8H2,1-3H3. The first-order chi connectivity index (χ1) is 6.65. The second-order valence-corrected chi connectivity index (χ2v) is 4.54. The highest BCUT2D eigenvalue weighted by Crippen LogP contribution is 2.15. The summed E-state index contributed by atoms with van der Waals surface area (Å²) in [7, 11) is 0. The van der Waals surface area contributed by atoms with Crippen LogP contribution in [0.2, 0.25) is 0 Å². The minimum Gasteiger partial charge on any atom is -0.312 e. The van der Waals surface area contributed by atoms with Gasteiger partial charge in [-0.05, 0) is 37.5 Å². The Bertz CT molecular complexity index is 284. The number of hydrogen-bond donors (Lipinski definition) is 1. The normalized spacial score (nSPS) is 10.6. The van der Waals surface area contributed by atoms with Crippen molar-refractivity contribution in [2.24, 2.45) is 0 Å². The van der Waals surface area contributed by atoms with Crippen molar-refractivity contribution >= 4 is 15.9 Å². The van der Waals surface area contributed by atoms with Gasteiger partial charge in [0.05, 0.1) is 0 Å². The first-order valence-electron chi connectivity index (χ1n) is 4.98. The lowest BCUT2D eigenvalue weighted by molar-refractivity contribution is 0.727. The quantitative estimate of drug-likeness (QED) is 0.644. The van der Waals surface area contributed by atoms with E-state index in [4.69, 9.17) is 0 Å². The van der Waals surface area contributed by atoms with Crippen molar-refractivity contribution in [3.63, 3.8) is 0 Å². The molecule has 0 saturated heterocycles. The summed E-state index contributed by atoms with van der Waals surface area (Å²) in [5.41, 5.74) is 5.58. The molecule has 0 atom stereocenters. The van der Waals surface area contributed by atoms with Crippen molar-refractivity contribution in [2.75, 3.05) is 11.9 Å². The van der Waals surface area contributed by atoms with Gasteiger partial charge >= 0.3 is 0 Å². The van der Waals surface area contributed by atoms with Crippen molar-refractivity contribution in [2.45, 2.75) is 27.3 Å². The number of halogens is 1. The van der Waals surface area contributed by atoms with Crippen LogP contribution in [0.4, 0.5) is 0 Å². The number of benzene rings is 1. The van der Waals surface area contributed by atoms with Crippen LogP contribution >= 0.6 is 15.9 Å². The van der Waals surface area contributed by atoms with Crippen molar-refractivity contribution in [1.82, 2.24) is 5.32 Å². The molecule has 0 aliphatic rings. The summed E-state index contributed by atoms with van der Waals surface area (Å²) >= 11 is 3.41. The van der Waals surface area contributed by atoms with E-state index in [9.17, 15) is 0 Å². The van der Waals surface area contributed by atoms with Crippen LogP contribution < -0.4 is 5.32 Å². The lowest BCUT2D eigenvalue weighted by atomic mass is 10.00. The Morgan fingerprint density at radius 2 is 1.71 bits per heavy atom. The summed E-state index contributed by atoms with van der Waals surface area (Å²) in [6.07, 6.45) is 0. The third kappa shape index (κ3) is 3.10. The molecule has 2 heteroatoms. The summed E-state index contributed by atoms with van der Waals surface area (Å²) in [4.78, 5) is 0. The Balaban J connectivity index is 2.75. The Morgan fingerprint density at radius 1 is 1.14 bits per heavy atom. The maximum atomic E-state index is 3.41. The van der Waals surface area contributed by atoms with Crippen LogP contribution in [0.1, 0.15) is 22.3 Å². The molecule has 0 unspecified atom stereocenters. The molecule has 1 aromatic rings. The number of alkyl halides is 1. The molecule has 0 amide bonds. The fourth-order valence-electron chi connectivity index (χ4n) is 1.77. The van der Waals surface area contributed by atoms with Crippen LogP contribution in [-0.2, 0) is 6.54 Å². The molecule has 0 aliphatic carbocycles. The molecule has 14 heavy (non-hydrogen) atoms. The molecule has 0 radical (unpaired) electrons. The zero-order chi connectivity index (χ0) is 10.6. The lowest BCUT2D eigenvalue weighted by Crippen LogP contribution is -2.17. The van der Waals surface area contributed by atoms with Crippen molar-refractivity contribution < 1.29 is 0 Å². The second-order valence-electron chi connectivity index (χ2n) is 3.74. The average Bonchev–Trinajstić information content (AvgIpc) is 2.09. The summed E-state index contributed by atoms with van der Waals surface area (Å²) in [6, 6.07) is 4.50. The predicted molar refractivity (Wildman–Crippen MR) is 66.2 cm³/mol. The van der Waals surface area contributed by atoms with Gasteiger partial charge in [0, 0.05) is 18.4 Å². The minimum absolute atomic E-state index is 0.976. The van der Waals surface area contributed by atoms with E-state index in [0.29, 0.717) is 0 Å². The molecule has 1 N–H and O–H groups in total. The summed E-state index contributed by atoms with van der Waals surface area (Å²) in [6.45, 7) is 8.52. The van der Waals surface area contributed by atoms with Gasteiger partial charge in [0.25, 0.3) is 0 Å². The van der Waals surface area contributed by atoms with Gasteiger partial charge in [0.2, 0.25) is 0 Å². The molecule has 0 fully saturated rings. The highest BCUT2D eigenvalue weighted by Gasteiger charge is 2.02. The molecular weight excluding hydrogens is 238 g/mol. The molecule has 0 aliphatic heterocycles. The van der Waals surface area contributed by atoms with E-state index in [1.165, 1.54) is 22.3 Å². The van der Waals surface area contributed by atoms with E-state index in [1.54, 1.807) is 0 Å². The average molecular weight is 256 g/mol. The lowest BCUT2D eigenvalue weighted by Gasteiger charge is -2.11. The largest absolute Gasteiger partial charge is 0.312 e. The van der Waals surface area contributed by atoms with E-state index in [-0.39, 0.29) is 0 Å². The Kier molecular flexibility index (Phi) is 4.63. The van der Waals surface area contributed by atoms with Crippen LogP contribution in [0.3, 0.4) is 0 Å². The van der Waals surface area contributed by atoms with Gasteiger partial charge in [-0.3, -0.25) is 0 Å². The topological polar surface area (TPSA) is 12.0 Å². The van der Waals surface area contributed by atoms with Crippen LogP contribution in [-0.4, -0.2) is 11.9 Å². The number of hydrogen-bond acceptors (Lipinski definition) is 1. The fourth-order valence-corrected chi connectivity index (χ4v) is 2.05. The highest BCUT2D eigenvalue weighted by atomic mass is 79.9. The van der Waals surface area contributed by atoms with E-state index in [0.717, 1.165) is 18.4 Å². The van der Waals surface area contributed by atoms with Crippen LogP contribution in [0.5, 0.6) is 0 Å². The van der Waals surface area contributed by atoms with Crippen LogP contribution in [0, 0.1) is 20.8 Å². The van der Waals surface area contributed by atoms with E-state index >= 15 is 0 Å². The van der Waals surface area contributed by atoms with Gasteiger partial charge in [0.15, 0.2) is 0 Å². The van der Waals surface area contributed by atoms with Crippen LogP contribution in [0.15, 0.2) is 12.1 Å². The zero-order valence-electron chi connectivity index (χ0n) is 9.15.